The first-order chi connectivity index (χ1) is 11.2. The first-order valence-electron chi connectivity index (χ1n) is 7.37. The molecule has 0 saturated carbocycles. The maximum atomic E-state index is 12.5. The standard InChI is InChI=1S/C17H14N4OS/c1-2-10-6-7-13-14(8-10)23-17(19-13)20-16(22)12-5-3-4-11-9-18-21-15(11)12/h3-9H,2H2,1H3,(H,18,21)(H,19,20,22). The lowest BCUT2D eigenvalue weighted by atomic mass is 10.1. The first kappa shape index (κ1) is 13.9. The zero-order valence-electron chi connectivity index (χ0n) is 12.5. The van der Waals surface area contributed by atoms with Gasteiger partial charge in [-0.25, -0.2) is 4.98 Å². The predicted octanol–water partition coefficient (Wildman–Crippen LogP) is 3.99. The van der Waals surface area contributed by atoms with Crippen LogP contribution >= 0.6 is 11.3 Å². The number of carbonyl (C=O) groups is 1. The van der Waals surface area contributed by atoms with E-state index in [9.17, 15) is 4.79 Å². The highest BCUT2D eigenvalue weighted by Gasteiger charge is 2.13. The average Bonchev–Trinajstić information content (AvgIpc) is 3.19. The summed E-state index contributed by atoms with van der Waals surface area (Å²) in [6.07, 6.45) is 2.69. The van der Waals surface area contributed by atoms with E-state index in [1.54, 1.807) is 12.3 Å². The van der Waals surface area contributed by atoms with Crippen molar-refractivity contribution in [2.45, 2.75) is 13.3 Å². The minimum absolute atomic E-state index is 0.186. The van der Waals surface area contributed by atoms with Crippen molar-refractivity contribution in [2.24, 2.45) is 0 Å². The second-order valence-corrected chi connectivity index (χ2v) is 6.30. The van der Waals surface area contributed by atoms with E-state index < -0.39 is 0 Å². The molecule has 2 aromatic heterocycles. The lowest BCUT2D eigenvalue weighted by Crippen LogP contribution is -2.12. The van der Waals surface area contributed by atoms with E-state index in [1.165, 1.54) is 16.9 Å². The number of para-hydroxylation sites is 1. The summed E-state index contributed by atoms with van der Waals surface area (Å²) in [5.41, 5.74) is 3.47. The quantitative estimate of drug-likeness (QED) is 0.599. The normalized spacial score (nSPS) is 11.2. The van der Waals surface area contributed by atoms with Crippen LogP contribution in [0.1, 0.15) is 22.8 Å². The maximum Gasteiger partial charge on any atom is 0.259 e. The molecule has 0 saturated heterocycles. The fourth-order valence-electron chi connectivity index (χ4n) is 2.56. The molecule has 114 valence electrons. The SMILES string of the molecule is CCc1ccc2nc(NC(=O)c3cccc4cn[nH]c34)sc2c1. The lowest BCUT2D eigenvalue weighted by molar-refractivity contribution is 0.102. The summed E-state index contributed by atoms with van der Waals surface area (Å²) in [6, 6.07) is 11.7. The molecule has 0 unspecified atom stereocenters. The molecule has 4 aromatic rings. The molecule has 0 bridgehead atoms. The third-order valence-electron chi connectivity index (χ3n) is 3.80. The molecule has 0 spiro atoms. The molecular formula is C17H14N4OS. The molecule has 5 nitrogen and oxygen atoms in total. The maximum absolute atomic E-state index is 12.5. The number of amides is 1. The molecule has 0 aliphatic carbocycles. The van der Waals surface area contributed by atoms with Gasteiger partial charge in [0, 0.05) is 5.39 Å². The summed E-state index contributed by atoms with van der Waals surface area (Å²) in [7, 11) is 0. The van der Waals surface area contributed by atoms with E-state index in [-0.39, 0.29) is 5.91 Å². The average molecular weight is 322 g/mol. The van der Waals surface area contributed by atoms with Crippen molar-refractivity contribution in [3.63, 3.8) is 0 Å². The Morgan fingerprint density at radius 3 is 3.09 bits per heavy atom. The zero-order chi connectivity index (χ0) is 15.8. The number of hydrogen-bond acceptors (Lipinski definition) is 4. The van der Waals surface area contributed by atoms with Crippen LogP contribution in [0.25, 0.3) is 21.1 Å². The van der Waals surface area contributed by atoms with Gasteiger partial charge >= 0.3 is 0 Å². The Labute approximate surface area is 136 Å². The summed E-state index contributed by atoms with van der Waals surface area (Å²) >= 11 is 1.49. The molecule has 4 rings (SSSR count). The third-order valence-corrected chi connectivity index (χ3v) is 4.74. The van der Waals surface area contributed by atoms with E-state index in [1.807, 2.05) is 18.2 Å². The van der Waals surface area contributed by atoms with Gasteiger partial charge in [-0.1, -0.05) is 36.5 Å². The molecule has 0 atom stereocenters. The minimum Gasteiger partial charge on any atom is -0.298 e. The van der Waals surface area contributed by atoms with Crippen LogP contribution in [0.5, 0.6) is 0 Å². The van der Waals surface area contributed by atoms with Crippen LogP contribution in [0, 0.1) is 0 Å². The molecule has 2 aromatic carbocycles. The second-order valence-electron chi connectivity index (χ2n) is 5.27. The highest BCUT2D eigenvalue weighted by molar-refractivity contribution is 7.22. The number of anilines is 1. The van der Waals surface area contributed by atoms with Crippen molar-refractivity contribution in [2.75, 3.05) is 5.32 Å². The van der Waals surface area contributed by atoms with Gasteiger partial charge in [-0.15, -0.1) is 0 Å². The number of nitrogens with zero attached hydrogens (tertiary/aromatic N) is 2. The molecule has 0 radical (unpaired) electrons. The molecule has 0 aliphatic heterocycles. The monoisotopic (exact) mass is 322 g/mol. The van der Waals surface area contributed by atoms with Crippen LogP contribution in [-0.4, -0.2) is 21.1 Å². The fraction of sp³-hybridized carbons (Fsp3) is 0.118. The number of hydrogen-bond donors (Lipinski definition) is 2. The Kier molecular flexibility index (Phi) is 3.31. The van der Waals surface area contributed by atoms with Crippen LogP contribution in [-0.2, 0) is 6.42 Å². The van der Waals surface area contributed by atoms with E-state index in [0.29, 0.717) is 10.7 Å². The second kappa shape index (κ2) is 5.48. The molecular weight excluding hydrogens is 308 g/mol. The van der Waals surface area contributed by atoms with Crippen molar-refractivity contribution in [3.05, 3.63) is 53.7 Å². The van der Waals surface area contributed by atoms with Gasteiger partial charge in [0.25, 0.3) is 5.91 Å². The Balaban J connectivity index is 1.67. The Morgan fingerprint density at radius 2 is 2.22 bits per heavy atom. The number of aromatic amines is 1. The van der Waals surface area contributed by atoms with Crippen LogP contribution in [0.15, 0.2) is 42.6 Å². The van der Waals surface area contributed by atoms with Gasteiger partial charge in [0.2, 0.25) is 0 Å². The number of nitrogens with one attached hydrogen (secondary N) is 2. The zero-order valence-corrected chi connectivity index (χ0v) is 13.3. The van der Waals surface area contributed by atoms with Gasteiger partial charge in [0.15, 0.2) is 5.13 Å². The Morgan fingerprint density at radius 1 is 1.30 bits per heavy atom. The summed E-state index contributed by atoms with van der Waals surface area (Å²) in [5.74, 6) is -0.186. The number of rotatable bonds is 3. The summed E-state index contributed by atoms with van der Waals surface area (Å²) in [4.78, 5) is 17.0. The summed E-state index contributed by atoms with van der Waals surface area (Å²) in [5, 5.41) is 11.3. The van der Waals surface area contributed by atoms with E-state index >= 15 is 0 Å². The van der Waals surface area contributed by atoms with Gasteiger partial charge in [0.1, 0.15) is 0 Å². The number of thiazole rings is 1. The predicted molar refractivity (Wildman–Crippen MR) is 93.0 cm³/mol. The number of aryl methyl sites for hydroxylation is 1. The smallest absolute Gasteiger partial charge is 0.259 e. The number of aromatic nitrogens is 3. The van der Waals surface area contributed by atoms with Crippen molar-refractivity contribution >= 4 is 43.5 Å². The largest absolute Gasteiger partial charge is 0.298 e. The van der Waals surface area contributed by atoms with E-state index in [2.05, 4.69) is 39.6 Å². The number of H-pyrrole nitrogens is 1. The summed E-state index contributed by atoms with van der Waals surface area (Å²) in [6.45, 7) is 2.12. The first-order valence-corrected chi connectivity index (χ1v) is 8.19. The van der Waals surface area contributed by atoms with Crippen LogP contribution in [0.4, 0.5) is 5.13 Å². The van der Waals surface area contributed by atoms with Crippen molar-refractivity contribution in [1.82, 2.24) is 15.2 Å². The summed E-state index contributed by atoms with van der Waals surface area (Å²) < 4.78 is 1.08. The van der Waals surface area contributed by atoms with Gasteiger partial charge in [-0.3, -0.25) is 15.2 Å². The van der Waals surface area contributed by atoms with Gasteiger partial charge < -0.3 is 0 Å². The van der Waals surface area contributed by atoms with Crippen molar-refractivity contribution in [1.29, 1.82) is 0 Å². The third kappa shape index (κ3) is 2.47. The van der Waals surface area contributed by atoms with Crippen LogP contribution < -0.4 is 5.32 Å². The van der Waals surface area contributed by atoms with Gasteiger partial charge in [-0.2, -0.15) is 5.10 Å². The van der Waals surface area contributed by atoms with Gasteiger partial charge in [0.05, 0.1) is 27.5 Å². The number of carbonyl (C=O) groups excluding carboxylic acids is 1. The van der Waals surface area contributed by atoms with E-state index in [0.717, 1.165) is 27.5 Å². The molecule has 0 fully saturated rings. The molecule has 2 heterocycles. The fourth-order valence-corrected chi connectivity index (χ4v) is 3.49. The van der Waals surface area contributed by atoms with E-state index in [4.69, 9.17) is 0 Å². The Hall–Kier alpha value is -2.73. The lowest BCUT2D eigenvalue weighted by Gasteiger charge is -2.02. The number of fused-ring (bicyclic) bond motifs is 2. The molecule has 1 amide bonds. The number of benzene rings is 2. The molecule has 2 N–H and O–H groups in total. The van der Waals surface area contributed by atoms with Gasteiger partial charge in [-0.05, 0) is 30.2 Å². The molecule has 23 heavy (non-hydrogen) atoms. The topological polar surface area (TPSA) is 70.7 Å². The highest BCUT2D eigenvalue weighted by atomic mass is 32.1. The Bertz CT molecular complexity index is 1020. The molecule has 0 aliphatic rings. The van der Waals surface area contributed by atoms with Crippen LogP contribution in [0.3, 0.4) is 0 Å². The highest BCUT2D eigenvalue weighted by Crippen LogP contribution is 2.27. The van der Waals surface area contributed by atoms with Crippen molar-refractivity contribution in [3.8, 4) is 0 Å². The van der Waals surface area contributed by atoms with Crippen molar-refractivity contribution < 1.29 is 4.79 Å². The minimum atomic E-state index is -0.186. The van der Waals surface area contributed by atoms with Crippen LogP contribution in [0.2, 0.25) is 0 Å². The molecule has 6 heteroatoms.